The Labute approximate surface area is 116 Å². The molecular formula is C14H27N3O2. The van der Waals surface area contributed by atoms with Crippen LogP contribution < -0.4 is 5.73 Å². The number of nitrogens with two attached hydrogens (primary N) is 1. The highest BCUT2D eigenvalue weighted by Gasteiger charge is 2.10. The molecule has 0 atom stereocenters. The van der Waals surface area contributed by atoms with Crippen molar-refractivity contribution in [3.8, 4) is 0 Å². The molecule has 1 fully saturated rings. The van der Waals surface area contributed by atoms with Gasteiger partial charge in [-0.15, -0.1) is 0 Å². The molecule has 0 saturated carbocycles. The Hall–Kier alpha value is -1.26. The molecule has 5 nitrogen and oxygen atoms in total. The molecule has 0 unspecified atom stereocenters. The van der Waals surface area contributed by atoms with Crippen LogP contribution in [0.3, 0.4) is 0 Å². The lowest BCUT2D eigenvalue weighted by atomic mass is 10.2. The van der Waals surface area contributed by atoms with E-state index in [0.717, 1.165) is 13.1 Å². The molecule has 5 heteroatoms. The third-order valence-corrected chi connectivity index (χ3v) is 3.11. The summed E-state index contributed by atoms with van der Waals surface area (Å²) in [6, 6.07) is 0. The molecule has 1 aliphatic rings. The van der Waals surface area contributed by atoms with E-state index in [1.54, 1.807) is 0 Å². The first-order chi connectivity index (χ1) is 9.09. The number of hydrogen-bond acceptors (Lipinski definition) is 3. The molecule has 0 aromatic heterocycles. The van der Waals surface area contributed by atoms with E-state index >= 15 is 0 Å². The van der Waals surface area contributed by atoms with E-state index in [9.17, 15) is 4.79 Å². The molecule has 0 aromatic rings. The molecule has 19 heavy (non-hydrogen) atoms. The van der Waals surface area contributed by atoms with Crippen LogP contribution in [-0.2, 0) is 9.53 Å². The standard InChI is InChI=1S/C14H27N3O2/c1-12(2)19-13(18)8-7-9-16-14(15)17-10-5-3-4-6-11-17/h12H,3-11H2,1-2H3,(H2,15,16). The van der Waals surface area contributed by atoms with Crippen LogP contribution in [0.25, 0.3) is 0 Å². The molecule has 0 bridgehead atoms. The van der Waals surface area contributed by atoms with Crippen molar-refractivity contribution in [2.45, 2.75) is 58.5 Å². The molecule has 1 rings (SSSR count). The number of rotatable bonds is 5. The second-order valence-electron chi connectivity index (χ2n) is 5.28. The molecule has 1 heterocycles. The summed E-state index contributed by atoms with van der Waals surface area (Å²) < 4.78 is 5.06. The maximum Gasteiger partial charge on any atom is 0.306 e. The van der Waals surface area contributed by atoms with Gasteiger partial charge in [0, 0.05) is 26.1 Å². The van der Waals surface area contributed by atoms with E-state index in [-0.39, 0.29) is 12.1 Å². The highest BCUT2D eigenvalue weighted by Crippen LogP contribution is 2.09. The van der Waals surface area contributed by atoms with Crippen LogP contribution in [0.4, 0.5) is 0 Å². The van der Waals surface area contributed by atoms with Gasteiger partial charge in [0.05, 0.1) is 6.10 Å². The lowest BCUT2D eigenvalue weighted by molar-refractivity contribution is -0.147. The van der Waals surface area contributed by atoms with E-state index in [4.69, 9.17) is 10.5 Å². The number of ether oxygens (including phenoxy) is 1. The van der Waals surface area contributed by atoms with E-state index in [0.29, 0.717) is 25.3 Å². The van der Waals surface area contributed by atoms with Gasteiger partial charge >= 0.3 is 5.97 Å². The Bertz CT molecular complexity index is 295. The van der Waals surface area contributed by atoms with Gasteiger partial charge in [0.2, 0.25) is 0 Å². The molecular weight excluding hydrogens is 242 g/mol. The molecule has 1 aliphatic heterocycles. The van der Waals surface area contributed by atoms with Gasteiger partial charge in [-0.2, -0.15) is 0 Å². The summed E-state index contributed by atoms with van der Waals surface area (Å²) in [7, 11) is 0. The minimum Gasteiger partial charge on any atom is -0.463 e. The van der Waals surface area contributed by atoms with Crippen molar-refractivity contribution in [2.75, 3.05) is 19.6 Å². The smallest absolute Gasteiger partial charge is 0.306 e. The quantitative estimate of drug-likeness (QED) is 0.358. The van der Waals surface area contributed by atoms with Crippen LogP contribution in [0.2, 0.25) is 0 Å². The normalized spacial score (nSPS) is 17.4. The van der Waals surface area contributed by atoms with Crippen molar-refractivity contribution in [2.24, 2.45) is 10.7 Å². The summed E-state index contributed by atoms with van der Waals surface area (Å²) in [6.45, 7) is 6.31. The second-order valence-corrected chi connectivity index (χ2v) is 5.28. The molecule has 0 spiro atoms. The number of likely N-dealkylation sites (tertiary alicyclic amines) is 1. The Balaban J connectivity index is 2.21. The van der Waals surface area contributed by atoms with Crippen molar-refractivity contribution < 1.29 is 9.53 Å². The van der Waals surface area contributed by atoms with Crippen molar-refractivity contribution in [1.29, 1.82) is 0 Å². The monoisotopic (exact) mass is 269 g/mol. The fourth-order valence-electron chi connectivity index (χ4n) is 2.14. The Morgan fingerprint density at radius 3 is 2.47 bits per heavy atom. The lowest BCUT2D eigenvalue weighted by Gasteiger charge is -2.21. The molecule has 1 saturated heterocycles. The Morgan fingerprint density at radius 1 is 1.26 bits per heavy atom. The van der Waals surface area contributed by atoms with Gasteiger partial charge in [-0.1, -0.05) is 12.8 Å². The minimum absolute atomic E-state index is 0.0434. The molecule has 0 radical (unpaired) electrons. The van der Waals surface area contributed by atoms with Crippen molar-refractivity contribution in [3.63, 3.8) is 0 Å². The van der Waals surface area contributed by atoms with Crippen LogP contribution in [0.15, 0.2) is 4.99 Å². The van der Waals surface area contributed by atoms with E-state index in [1.807, 2.05) is 13.8 Å². The summed E-state index contributed by atoms with van der Waals surface area (Å²) >= 11 is 0. The van der Waals surface area contributed by atoms with Crippen LogP contribution in [0, 0.1) is 0 Å². The zero-order valence-corrected chi connectivity index (χ0v) is 12.2. The largest absolute Gasteiger partial charge is 0.463 e. The maximum atomic E-state index is 11.3. The van der Waals surface area contributed by atoms with Gasteiger partial charge < -0.3 is 15.4 Å². The topological polar surface area (TPSA) is 67.9 Å². The van der Waals surface area contributed by atoms with Crippen LogP contribution in [-0.4, -0.2) is 42.6 Å². The molecule has 2 N–H and O–H groups in total. The van der Waals surface area contributed by atoms with Crippen molar-refractivity contribution in [3.05, 3.63) is 0 Å². The summed E-state index contributed by atoms with van der Waals surface area (Å²) in [4.78, 5) is 17.8. The minimum atomic E-state index is -0.154. The zero-order valence-electron chi connectivity index (χ0n) is 12.2. The fourth-order valence-corrected chi connectivity index (χ4v) is 2.14. The molecule has 0 amide bonds. The van der Waals surface area contributed by atoms with Crippen LogP contribution in [0.5, 0.6) is 0 Å². The summed E-state index contributed by atoms with van der Waals surface area (Å²) in [5, 5.41) is 0. The van der Waals surface area contributed by atoms with E-state index < -0.39 is 0 Å². The number of guanidine groups is 1. The Morgan fingerprint density at radius 2 is 1.89 bits per heavy atom. The van der Waals surface area contributed by atoms with Crippen molar-refractivity contribution >= 4 is 11.9 Å². The third kappa shape index (κ3) is 7.03. The van der Waals surface area contributed by atoms with Gasteiger partial charge in [0.25, 0.3) is 0 Å². The average molecular weight is 269 g/mol. The third-order valence-electron chi connectivity index (χ3n) is 3.11. The highest BCUT2D eigenvalue weighted by molar-refractivity contribution is 5.78. The van der Waals surface area contributed by atoms with Gasteiger partial charge in [0.1, 0.15) is 0 Å². The van der Waals surface area contributed by atoms with Crippen molar-refractivity contribution in [1.82, 2.24) is 4.90 Å². The summed E-state index contributed by atoms with van der Waals surface area (Å²) in [5.41, 5.74) is 5.98. The predicted molar refractivity (Wildman–Crippen MR) is 77.0 cm³/mol. The second kappa shape index (κ2) is 8.77. The first-order valence-electron chi connectivity index (χ1n) is 7.34. The SMILES string of the molecule is CC(C)OC(=O)CCCN=C(N)N1CCCCCC1. The van der Waals surface area contributed by atoms with Gasteiger partial charge in [0.15, 0.2) is 5.96 Å². The fraction of sp³-hybridized carbons (Fsp3) is 0.857. The summed E-state index contributed by atoms with van der Waals surface area (Å²) in [5.74, 6) is 0.470. The van der Waals surface area contributed by atoms with E-state index in [2.05, 4.69) is 9.89 Å². The number of carbonyl (C=O) groups is 1. The van der Waals surface area contributed by atoms with Gasteiger partial charge in [-0.05, 0) is 33.1 Å². The lowest BCUT2D eigenvalue weighted by Crippen LogP contribution is -2.38. The number of carbonyl (C=O) groups excluding carboxylic acids is 1. The summed E-state index contributed by atoms with van der Waals surface area (Å²) in [6.07, 6.45) is 6.01. The zero-order chi connectivity index (χ0) is 14.1. The number of nitrogens with zero attached hydrogens (tertiary/aromatic N) is 2. The van der Waals surface area contributed by atoms with Gasteiger partial charge in [-0.3, -0.25) is 9.79 Å². The van der Waals surface area contributed by atoms with E-state index in [1.165, 1.54) is 25.7 Å². The average Bonchev–Trinajstić information content (AvgIpc) is 2.62. The molecule has 110 valence electrons. The van der Waals surface area contributed by atoms with Gasteiger partial charge in [-0.25, -0.2) is 0 Å². The van der Waals surface area contributed by atoms with Crippen LogP contribution in [0.1, 0.15) is 52.4 Å². The van der Waals surface area contributed by atoms with Crippen LogP contribution >= 0.6 is 0 Å². The highest BCUT2D eigenvalue weighted by atomic mass is 16.5. The maximum absolute atomic E-state index is 11.3. The number of aliphatic imine (C=N–C) groups is 1. The number of hydrogen-bond donors (Lipinski definition) is 1. The molecule has 0 aliphatic carbocycles. The first kappa shape index (κ1) is 15.8. The Kier molecular flexibility index (Phi) is 7.30. The predicted octanol–water partition coefficient (Wildman–Crippen LogP) is 1.91. The first-order valence-corrected chi connectivity index (χ1v) is 7.34. The molecule has 0 aromatic carbocycles. The number of esters is 1.